The van der Waals surface area contributed by atoms with Crippen LogP contribution in [0.15, 0.2) is 46.9 Å². The van der Waals surface area contributed by atoms with E-state index in [4.69, 9.17) is 0 Å². The van der Waals surface area contributed by atoms with E-state index in [1.54, 1.807) is 17.6 Å². The van der Waals surface area contributed by atoms with Crippen molar-refractivity contribution in [3.63, 3.8) is 0 Å². The van der Waals surface area contributed by atoms with Gasteiger partial charge in [0.1, 0.15) is 5.82 Å². The van der Waals surface area contributed by atoms with Gasteiger partial charge in [-0.2, -0.15) is 5.10 Å². The van der Waals surface area contributed by atoms with Gasteiger partial charge in [-0.1, -0.05) is 18.2 Å². The van der Waals surface area contributed by atoms with Crippen LogP contribution in [-0.4, -0.2) is 21.7 Å². The number of aromatic nitrogens is 2. The van der Waals surface area contributed by atoms with E-state index >= 15 is 0 Å². The maximum atomic E-state index is 11.9. The molecule has 0 aliphatic rings. The fourth-order valence-electron chi connectivity index (χ4n) is 2.07. The molecule has 1 amide bonds. The van der Waals surface area contributed by atoms with Gasteiger partial charge in [0.15, 0.2) is 0 Å². The zero-order chi connectivity index (χ0) is 14.7. The predicted octanol–water partition coefficient (Wildman–Crippen LogP) is 2.33. The SMILES string of the molecule is Cn1c(CC(=O)NN=Cc2cccs2)nc2ccccc21. The number of nitrogens with one attached hydrogen (secondary N) is 1. The van der Waals surface area contributed by atoms with Gasteiger partial charge in [0, 0.05) is 11.9 Å². The monoisotopic (exact) mass is 298 g/mol. The van der Waals surface area contributed by atoms with Gasteiger partial charge in [0.2, 0.25) is 5.91 Å². The zero-order valence-electron chi connectivity index (χ0n) is 11.5. The lowest BCUT2D eigenvalue weighted by atomic mass is 10.3. The average Bonchev–Trinajstić information content (AvgIpc) is 3.09. The van der Waals surface area contributed by atoms with Crippen molar-refractivity contribution in [3.8, 4) is 0 Å². The molecule has 0 saturated heterocycles. The van der Waals surface area contributed by atoms with Crippen LogP contribution in [0.5, 0.6) is 0 Å². The number of carbonyl (C=O) groups is 1. The lowest BCUT2D eigenvalue weighted by molar-refractivity contribution is -0.120. The molecule has 1 N–H and O–H groups in total. The third-order valence-electron chi connectivity index (χ3n) is 3.12. The van der Waals surface area contributed by atoms with Crippen LogP contribution < -0.4 is 5.43 Å². The highest BCUT2D eigenvalue weighted by Crippen LogP contribution is 2.14. The van der Waals surface area contributed by atoms with E-state index in [2.05, 4.69) is 15.5 Å². The normalized spacial score (nSPS) is 11.3. The number of nitrogens with zero attached hydrogens (tertiary/aromatic N) is 3. The van der Waals surface area contributed by atoms with Gasteiger partial charge in [-0.05, 0) is 23.6 Å². The first-order valence-corrected chi connectivity index (χ1v) is 7.38. The summed E-state index contributed by atoms with van der Waals surface area (Å²) in [6, 6.07) is 11.7. The van der Waals surface area contributed by atoms with Crippen molar-refractivity contribution in [3.05, 3.63) is 52.5 Å². The Morgan fingerprint density at radius 2 is 2.24 bits per heavy atom. The summed E-state index contributed by atoms with van der Waals surface area (Å²) >= 11 is 1.57. The molecule has 6 heteroatoms. The highest BCUT2D eigenvalue weighted by Gasteiger charge is 2.10. The molecule has 0 aliphatic heterocycles. The number of hydrogen-bond acceptors (Lipinski definition) is 4. The van der Waals surface area contributed by atoms with Gasteiger partial charge in [0.25, 0.3) is 0 Å². The summed E-state index contributed by atoms with van der Waals surface area (Å²) in [5.74, 6) is 0.543. The number of para-hydroxylation sites is 2. The van der Waals surface area contributed by atoms with E-state index in [9.17, 15) is 4.79 Å². The van der Waals surface area contributed by atoms with Crippen LogP contribution >= 0.6 is 11.3 Å². The Labute approximate surface area is 125 Å². The first-order chi connectivity index (χ1) is 10.2. The maximum absolute atomic E-state index is 11.9. The van der Waals surface area contributed by atoms with Gasteiger partial charge >= 0.3 is 0 Å². The van der Waals surface area contributed by atoms with E-state index in [1.807, 2.05) is 53.4 Å². The second kappa shape index (κ2) is 5.88. The minimum atomic E-state index is -0.179. The molecule has 21 heavy (non-hydrogen) atoms. The Morgan fingerprint density at radius 3 is 3.00 bits per heavy atom. The van der Waals surface area contributed by atoms with Crippen molar-refractivity contribution < 1.29 is 4.79 Å². The van der Waals surface area contributed by atoms with Gasteiger partial charge in [-0.15, -0.1) is 11.3 Å². The maximum Gasteiger partial charge on any atom is 0.247 e. The van der Waals surface area contributed by atoms with Crippen molar-refractivity contribution in [2.45, 2.75) is 6.42 Å². The number of hydrazone groups is 1. The number of amides is 1. The van der Waals surface area contributed by atoms with Crippen molar-refractivity contribution in [1.29, 1.82) is 0 Å². The number of rotatable bonds is 4. The lowest BCUT2D eigenvalue weighted by Gasteiger charge is -2.01. The van der Waals surface area contributed by atoms with Gasteiger partial charge < -0.3 is 4.57 Å². The molecule has 0 bridgehead atoms. The summed E-state index contributed by atoms with van der Waals surface area (Å²) in [5.41, 5.74) is 4.43. The third kappa shape index (κ3) is 3.00. The van der Waals surface area contributed by atoms with Crippen molar-refractivity contribution in [1.82, 2.24) is 15.0 Å². The number of thiophene rings is 1. The molecule has 2 heterocycles. The van der Waals surface area contributed by atoms with Gasteiger partial charge in [0.05, 0.1) is 23.7 Å². The number of fused-ring (bicyclic) bond motifs is 1. The molecule has 106 valence electrons. The summed E-state index contributed by atoms with van der Waals surface area (Å²) in [4.78, 5) is 17.4. The minimum absolute atomic E-state index is 0.179. The third-order valence-corrected chi connectivity index (χ3v) is 3.93. The van der Waals surface area contributed by atoms with Crippen LogP contribution in [-0.2, 0) is 18.3 Å². The Balaban J connectivity index is 1.67. The smallest absolute Gasteiger partial charge is 0.247 e. The van der Waals surface area contributed by atoms with E-state index in [1.165, 1.54) is 0 Å². The Hall–Kier alpha value is -2.47. The van der Waals surface area contributed by atoms with Crippen molar-refractivity contribution >= 4 is 34.5 Å². The van der Waals surface area contributed by atoms with Crippen LogP contribution in [0.2, 0.25) is 0 Å². The molecule has 0 unspecified atom stereocenters. The van der Waals surface area contributed by atoms with E-state index < -0.39 is 0 Å². The second-order valence-electron chi connectivity index (χ2n) is 4.56. The number of imidazole rings is 1. The summed E-state index contributed by atoms with van der Waals surface area (Å²) in [6.45, 7) is 0. The van der Waals surface area contributed by atoms with Crippen molar-refractivity contribution in [2.75, 3.05) is 0 Å². The quantitative estimate of drug-likeness (QED) is 0.593. The molecule has 1 aromatic carbocycles. The standard InChI is InChI=1S/C15H14N4OS/c1-19-13-7-3-2-6-12(13)17-14(19)9-15(20)18-16-10-11-5-4-8-21-11/h2-8,10H,9H2,1H3,(H,18,20). The first kappa shape index (κ1) is 13.5. The lowest BCUT2D eigenvalue weighted by Crippen LogP contribution is -2.21. The van der Waals surface area contributed by atoms with Gasteiger partial charge in [-0.3, -0.25) is 4.79 Å². The molecule has 0 saturated carbocycles. The Kier molecular flexibility index (Phi) is 3.79. The summed E-state index contributed by atoms with van der Waals surface area (Å²) in [5, 5.41) is 5.90. The van der Waals surface area contributed by atoms with Crippen LogP contribution in [0, 0.1) is 0 Å². The van der Waals surface area contributed by atoms with Crippen LogP contribution in [0.4, 0.5) is 0 Å². The van der Waals surface area contributed by atoms with E-state index in [0.717, 1.165) is 21.7 Å². The number of carbonyl (C=O) groups excluding carboxylic acids is 1. The molecule has 0 radical (unpaired) electrons. The van der Waals surface area contributed by atoms with E-state index in [-0.39, 0.29) is 12.3 Å². The topological polar surface area (TPSA) is 59.3 Å². The molecule has 3 aromatic rings. The van der Waals surface area contributed by atoms with Gasteiger partial charge in [-0.25, -0.2) is 10.4 Å². The molecule has 5 nitrogen and oxygen atoms in total. The highest BCUT2D eigenvalue weighted by molar-refractivity contribution is 7.11. The van der Waals surface area contributed by atoms with Crippen LogP contribution in [0.3, 0.4) is 0 Å². The van der Waals surface area contributed by atoms with E-state index in [0.29, 0.717) is 0 Å². The first-order valence-electron chi connectivity index (χ1n) is 6.50. The molecular formula is C15H14N4OS. The number of benzene rings is 1. The molecular weight excluding hydrogens is 284 g/mol. The summed E-state index contributed by atoms with van der Waals surface area (Å²) < 4.78 is 1.93. The summed E-state index contributed by atoms with van der Waals surface area (Å²) in [6.07, 6.45) is 1.84. The molecule has 0 fully saturated rings. The average molecular weight is 298 g/mol. The second-order valence-corrected chi connectivity index (χ2v) is 5.54. The Bertz CT molecular complexity index is 789. The fourth-order valence-corrected chi connectivity index (χ4v) is 2.65. The predicted molar refractivity (Wildman–Crippen MR) is 84.5 cm³/mol. The molecule has 3 rings (SSSR count). The number of aryl methyl sites for hydroxylation is 1. The molecule has 0 aliphatic carbocycles. The minimum Gasteiger partial charge on any atom is -0.331 e. The zero-order valence-corrected chi connectivity index (χ0v) is 12.3. The highest BCUT2D eigenvalue weighted by atomic mass is 32.1. The van der Waals surface area contributed by atoms with Crippen molar-refractivity contribution in [2.24, 2.45) is 12.1 Å². The van der Waals surface area contributed by atoms with Crippen LogP contribution in [0.1, 0.15) is 10.7 Å². The molecule has 2 aromatic heterocycles. The molecule has 0 spiro atoms. The summed E-state index contributed by atoms with van der Waals surface area (Å²) in [7, 11) is 1.91. The largest absolute Gasteiger partial charge is 0.331 e. The van der Waals surface area contributed by atoms with Crippen LogP contribution in [0.25, 0.3) is 11.0 Å². The Morgan fingerprint density at radius 1 is 1.38 bits per heavy atom. The number of hydrogen-bond donors (Lipinski definition) is 1. The molecule has 0 atom stereocenters. The fraction of sp³-hybridized carbons (Fsp3) is 0.133.